The van der Waals surface area contributed by atoms with Crippen molar-refractivity contribution in [2.24, 2.45) is 5.92 Å². The van der Waals surface area contributed by atoms with E-state index in [-0.39, 0.29) is 11.9 Å². The van der Waals surface area contributed by atoms with E-state index in [1.54, 1.807) is 25.3 Å². The van der Waals surface area contributed by atoms with Gasteiger partial charge in [0.05, 0.1) is 24.7 Å². The van der Waals surface area contributed by atoms with Gasteiger partial charge in [0, 0.05) is 18.0 Å². The second-order valence-electron chi connectivity index (χ2n) is 7.82. The first kappa shape index (κ1) is 18.3. The van der Waals surface area contributed by atoms with Crippen LogP contribution in [0.3, 0.4) is 0 Å². The topological polar surface area (TPSA) is 60.2 Å². The van der Waals surface area contributed by atoms with E-state index in [2.05, 4.69) is 13.8 Å². The molecule has 1 aromatic carbocycles. The van der Waals surface area contributed by atoms with E-state index in [1.807, 2.05) is 9.58 Å². The summed E-state index contributed by atoms with van der Waals surface area (Å²) in [5.74, 6) is 3.36. The number of ether oxygens (including phenoxy) is 1. The number of carbonyl (C=O) groups excluding carboxylic acids is 1. The molecule has 0 spiro atoms. The highest BCUT2D eigenvalue weighted by Crippen LogP contribution is 2.40. The summed E-state index contributed by atoms with van der Waals surface area (Å²) in [5, 5.41) is 5.15. The highest BCUT2D eigenvalue weighted by molar-refractivity contribution is 6.32. The number of amides is 1. The summed E-state index contributed by atoms with van der Waals surface area (Å²) in [7, 11) is 1.57. The zero-order valence-electron chi connectivity index (χ0n) is 16.0. The largest absolute Gasteiger partial charge is 0.495 e. The van der Waals surface area contributed by atoms with Crippen LogP contribution in [0.2, 0.25) is 5.02 Å². The van der Waals surface area contributed by atoms with Gasteiger partial charge in [-0.2, -0.15) is 5.10 Å². The van der Waals surface area contributed by atoms with Crippen molar-refractivity contribution in [3.05, 3.63) is 40.4 Å². The van der Waals surface area contributed by atoms with Gasteiger partial charge in [-0.05, 0) is 43.4 Å². The molecule has 1 amide bonds. The molecule has 2 aromatic rings. The summed E-state index contributed by atoms with van der Waals surface area (Å²) in [4.78, 5) is 20.0. The molecule has 1 fully saturated rings. The average Bonchev–Trinajstić information content (AvgIpc) is 3.40. The fraction of sp³-hybridized carbons (Fsp3) is 0.550. The lowest BCUT2D eigenvalue weighted by Gasteiger charge is -2.36. The molecule has 0 bridgehead atoms. The first-order chi connectivity index (χ1) is 13.0. The van der Waals surface area contributed by atoms with Crippen molar-refractivity contribution >= 4 is 17.5 Å². The molecule has 2 aliphatic rings. The standard InChI is InChI=1S/C20H25ClN4O2/c1-12(2)10-16-19-22-18(13-4-5-13)23-25(19)9-8-24(16)20(26)14-6-7-17(27-3)15(21)11-14/h6-7,11-13,16H,4-5,8-10H2,1-3H3/t16-/m0/s1. The van der Waals surface area contributed by atoms with Gasteiger partial charge in [-0.3, -0.25) is 4.79 Å². The Balaban J connectivity index is 1.65. The predicted octanol–water partition coefficient (Wildman–Crippen LogP) is 4.06. The van der Waals surface area contributed by atoms with Crippen LogP contribution in [0.15, 0.2) is 18.2 Å². The molecule has 1 saturated carbocycles. The van der Waals surface area contributed by atoms with Gasteiger partial charge in [0.1, 0.15) is 11.6 Å². The quantitative estimate of drug-likeness (QED) is 0.774. The van der Waals surface area contributed by atoms with Gasteiger partial charge in [-0.15, -0.1) is 0 Å². The van der Waals surface area contributed by atoms with Crippen molar-refractivity contribution in [1.29, 1.82) is 0 Å². The third-order valence-corrected chi connectivity index (χ3v) is 5.54. The zero-order chi connectivity index (χ0) is 19.1. The fourth-order valence-corrected chi connectivity index (χ4v) is 3.94. The summed E-state index contributed by atoms with van der Waals surface area (Å²) in [6, 6.07) is 5.13. The lowest BCUT2D eigenvalue weighted by atomic mass is 9.99. The zero-order valence-corrected chi connectivity index (χ0v) is 16.7. The van der Waals surface area contributed by atoms with Crippen LogP contribution in [0.1, 0.15) is 67.1 Å². The maximum atomic E-state index is 13.3. The summed E-state index contributed by atoms with van der Waals surface area (Å²) >= 11 is 6.24. The Hall–Kier alpha value is -2.08. The number of rotatable bonds is 5. The Morgan fingerprint density at radius 3 is 2.74 bits per heavy atom. The molecule has 27 heavy (non-hydrogen) atoms. The minimum absolute atomic E-state index is 0.0209. The minimum Gasteiger partial charge on any atom is -0.495 e. The van der Waals surface area contributed by atoms with Crippen LogP contribution in [0.4, 0.5) is 0 Å². The highest BCUT2D eigenvalue weighted by atomic mass is 35.5. The molecule has 6 nitrogen and oxygen atoms in total. The Morgan fingerprint density at radius 1 is 1.33 bits per heavy atom. The Kier molecular flexibility index (Phi) is 4.84. The van der Waals surface area contributed by atoms with Gasteiger partial charge in [0.25, 0.3) is 5.91 Å². The maximum Gasteiger partial charge on any atom is 0.254 e. The van der Waals surface area contributed by atoms with Crippen molar-refractivity contribution in [3.63, 3.8) is 0 Å². The number of hydrogen-bond donors (Lipinski definition) is 0. The summed E-state index contributed by atoms with van der Waals surface area (Å²) in [6.45, 7) is 5.65. The number of methoxy groups -OCH3 is 1. The number of halogens is 1. The number of carbonyl (C=O) groups is 1. The van der Waals surface area contributed by atoms with E-state index in [0.29, 0.717) is 41.3 Å². The second kappa shape index (κ2) is 7.15. The minimum atomic E-state index is -0.0628. The molecule has 4 rings (SSSR count). The number of benzene rings is 1. The Morgan fingerprint density at radius 2 is 2.11 bits per heavy atom. The molecule has 7 heteroatoms. The average molecular weight is 389 g/mol. The summed E-state index contributed by atoms with van der Waals surface area (Å²) in [5.41, 5.74) is 0.574. The molecule has 1 aromatic heterocycles. The van der Waals surface area contributed by atoms with E-state index in [4.69, 9.17) is 26.4 Å². The highest BCUT2D eigenvalue weighted by Gasteiger charge is 2.37. The van der Waals surface area contributed by atoms with Gasteiger partial charge < -0.3 is 9.64 Å². The monoisotopic (exact) mass is 388 g/mol. The van der Waals surface area contributed by atoms with E-state index < -0.39 is 0 Å². The second-order valence-corrected chi connectivity index (χ2v) is 8.23. The smallest absolute Gasteiger partial charge is 0.254 e. The number of aromatic nitrogens is 3. The van der Waals surface area contributed by atoms with Crippen molar-refractivity contribution in [3.8, 4) is 5.75 Å². The third kappa shape index (κ3) is 3.55. The summed E-state index contributed by atoms with van der Waals surface area (Å²) in [6.07, 6.45) is 3.20. The van der Waals surface area contributed by atoms with Gasteiger partial charge in [-0.1, -0.05) is 25.4 Å². The third-order valence-electron chi connectivity index (χ3n) is 5.24. The van der Waals surface area contributed by atoms with Crippen LogP contribution >= 0.6 is 11.6 Å². The molecular weight excluding hydrogens is 364 g/mol. The predicted molar refractivity (Wildman–Crippen MR) is 103 cm³/mol. The van der Waals surface area contributed by atoms with Crippen LogP contribution in [0.25, 0.3) is 0 Å². The van der Waals surface area contributed by atoms with Gasteiger partial charge in [0.15, 0.2) is 5.82 Å². The lowest BCUT2D eigenvalue weighted by molar-refractivity contribution is 0.0578. The SMILES string of the molecule is COc1ccc(C(=O)N2CCn3nc(C4CC4)nc3[C@@H]2CC(C)C)cc1Cl. The van der Waals surface area contributed by atoms with Crippen LogP contribution in [0, 0.1) is 5.92 Å². The van der Waals surface area contributed by atoms with E-state index in [9.17, 15) is 4.79 Å². The van der Waals surface area contributed by atoms with E-state index in [0.717, 1.165) is 18.1 Å². The van der Waals surface area contributed by atoms with Crippen LogP contribution in [-0.4, -0.2) is 39.2 Å². The molecular formula is C20H25ClN4O2. The van der Waals surface area contributed by atoms with Crippen molar-refractivity contribution in [2.45, 2.75) is 51.6 Å². The van der Waals surface area contributed by atoms with Crippen molar-refractivity contribution in [2.75, 3.05) is 13.7 Å². The van der Waals surface area contributed by atoms with Crippen LogP contribution < -0.4 is 4.74 Å². The van der Waals surface area contributed by atoms with Gasteiger partial charge in [-0.25, -0.2) is 9.67 Å². The normalized spacial score (nSPS) is 19.3. The van der Waals surface area contributed by atoms with Gasteiger partial charge >= 0.3 is 0 Å². The number of hydrogen-bond acceptors (Lipinski definition) is 4. The molecule has 0 radical (unpaired) electrons. The van der Waals surface area contributed by atoms with Crippen molar-refractivity contribution < 1.29 is 9.53 Å². The molecule has 0 N–H and O–H groups in total. The lowest BCUT2D eigenvalue weighted by Crippen LogP contribution is -2.43. The molecule has 0 unspecified atom stereocenters. The van der Waals surface area contributed by atoms with Crippen LogP contribution in [0.5, 0.6) is 5.75 Å². The number of fused-ring (bicyclic) bond motifs is 1. The molecule has 1 aliphatic heterocycles. The van der Waals surface area contributed by atoms with E-state index in [1.165, 1.54) is 12.8 Å². The summed E-state index contributed by atoms with van der Waals surface area (Å²) < 4.78 is 7.20. The van der Waals surface area contributed by atoms with E-state index >= 15 is 0 Å². The van der Waals surface area contributed by atoms with Gasteiger partial charge in [0.2, 0.25) is 0 Å². The first-order valence-electron chi connectivity index (χ1n) is 9.57. The first-order valence-corrected chi connectivity index (χ1v) is 9.95. The molecule has 2 heterocycles. The molecule has 1 atom stereocenters. The van der Waals surface area contributed by atoms with Crippen molar-refractivity contribution in [1.82, 2.24) is 19.7 Å². The van der Waals surface area contributed by atoms with Crippen LogP contribution in [-0.2, 0) is 6.54 Å². The molecule has 1 aliphatic carbocycles. The number of nitrogens with zero attached hydrogens (tertiary/aromatic N) is 4. The maximum absolute atomic E-state index is 13.3. The molecule has 0 saturated heterocycles. The Bertz CT molecular complexity index is 860. The molecule has 144 valence electrons. The fourth-order valence-electron chi connectivity index (χ4n) is 3.68. The Labute approximate surface area is 164 Å².